The van der Waals surface area contributed by atoms with Gasteiger partial charge in [-0.15, -0.1) is 0 Å². The molecule has 1 saturated heterocycles. The largest absolute Gasteiger partial charge is 0.396 e. The highest BCUT2D eigenvalue weighted by Gasteiger charge is 2.41. The van der Waals surface area contributed by atoms with Crippen molar-refractivity contribution < 1.29 is 9.90 Å². The van der Waals surface area contributed by atoms with E-state index in [1.54, 1.807) is 0 Å². The molecule has 1 heterocycles. The average molecular weight is 288 g/mol. The lowest BCUT2D eigenvalue weighted by molar-refractivity contribution is -0.117. The molecule has 1 saturated carbocycles. The standard InChI is InChI=1S/C17H24N2O2/c1-13(18-11-17(12-20)7-8-17)14-4-2-5-15(10-14)19-9-3-6-16(19)21/h2,4-5,10,13,18,20H,3,6-9,11-12H2,1H3. The van der Waals surface area contributed by atoms with E-state index >= 15 is 0 Å². The van der Waals surface area contributed by atoms with Gasteiger partial charge >= 0.3 is 0 Å². The summed E-state index contributed by atoms with van der Waals surface area (Å²) in [5.41, 5.74) is 2.32. The Labute approximate surface area is 126 Å². The second-order valence-electron chi connectivity index (χ2n) is 6.50. The molecule has 1 aromatic rings. The first-order chi connectivity index (χ1) is 10.1. The van der Waals surface area contributed by atoms with E-state index in [0.29, 0.717) is 6.42 Å². The molecule has 0 aromatic heterocycles. The molecule has 0 spiro atoms. The van der Waals surface area contributed by atoms with Crippen LogP contribution >= 0.6 is 0 Å². The van der Waals surface area contributed by atoms with Gasteiger partial charge in [0.1, 0.15) is 0 Å². The van der Waals surface area contributed by atoms with Crippen LogP contribution in [0.25, 0.3) is 0 Å². The molecule has 1 aliphatic heterocycles. The average Bonchev–Trinajstić information content (AvgIpc) is 3.18. The number of carbonyl (C=O) groups excluding carboxylic acids is 1. The van der Waals surface area contributed by atoms with Crippen molar-refractivity contribution in [3.63, 3.8) is 0 Å². The van der Waals surface area contributed by atoms with E-state index in [9.17, 15) is 9.90 Å². The van der Waals surface area contributed by atoms with Crippen LogP contribution in [0.15, 0.2) is 24.3 Å². The maximum atomic E-state index is 11.8. The van der Waals surface area contributed by atoms with Gasteiger partial charge < -0.3 is 15.3 Å². The molecule has 2 N–H and O–H groups in total. The first-order valence-electron chi connectivity index (χ1n) is 7.88. The summed E-state index contributed by atoms with van der Waals surface area (Å²) in [5.74, 6) is 0.227. The number of hydrogen-bond donors (Lipinski definition) is 2. The quantitative estimate of drug-likeness (QED) is 0.844. The second-order valence-corrected chi connectivity index (χ2v) is 6.50. The van der Waals surface area contributed by atoms with Crippen LogP contribution in [0.2, 0.25) is 0 Å². The molecule has 4 heteroatoms. The fraction of sp³-hybridized carbons (Fsp3) is 0.588. The van der Waals surface area contributed by atoms with Crippen LogP contribution in [0, 0.1) is 5.41 Å². The van der Waals surface area contributed by atoms with Crippen molar-refractivity contribution in [1.29, 1.82) is 0 Å². The van der Waals surface area contributed by atoms with E-state index in [0.717, 1.165) is 38.0 Å². The monoisotopic (exact) mass is 288 g/mol. The Morgan fingerprint density at radius 1 is 1.43 bits per heavy atom. The molecule has 1 aromatic carbocycles. The SMILES string of the molecule is CC(NCC1(CO)CC1)c1cccc(N2CCCC2=O)c1. The van der Waals surface area contributed by atoms with Gasteiger partial charge in [-0.2, -0.15) is 0 Å². The van der Waals surface area contributed by atoms with Crippen LogP contribution in [0.5, 0.6) is 0 Å². The molecule has 21 heavy (non-hydrogen) atoms. The zero-order chi connectivity index (χ0) is 14.9. The molecule has 1 aliphatic carbocycles. The summed E-state index contributed by atoms with van der Waals surface area (Å²) in [6, 6.07) is 8.47. The maximum absolute atomic E-state index is 11.8. The Morgan fingerprint density at radius 3 is 2.86 bits per heavy atom. The highest BCUT2D eigenvalue weighted by atomic mass is 16.3. The number of nitrogens with one attached hydrogen (secondary N) is 1. The number of rotatable bonds is 6. The molecule has 1 atom stereocenters. The lowest BCUT2D eigenvalue weighted by atomic mass is 10.0. The van der Waals surface area contributed by atoms with E-state index in [1.807, 2.05) is 17.0 Å². The fourth-order valence-corrected chi connectivity index (χ4v) is 2.94. The van der Waals surface area contributed by atoms with Gasteiger partial charge in [0.25, 0.3) is 0 Å². The highest BCUT2D eigenvalue weighted by molar-refractivity contribution is 5.95. The first kappa shape index (κ1) is 14.5. The van der Waals surface area contributed by atoms with Gasteiger partial charge in [-0.3, -0.25) is 4.79 Å². The Bertz CT molecular complexity index is 525. The van der Waals surface area contributed by atoms with Crippen molar-refractivity contribution in [1.82, 2.24) is 5.32 Å². The van der Waals surface area contributed by atoms with Gasteiger partial charge in [0.15, 0.2) is 0 Å². The molecule has 2 aliphatic rings. The van der Waals surface area contributed by atoms with Crippen molar-refractivity contribution in [2.24, 2.45) is 5.41 Å². The minimum absolute atomic E-state index is 0.122. The molecule has 1 amide bonds. The second kappa shape index (κ2) is 5.78. The minimum atomic E-state index is 0.122. The molecule has 2 fully saturated rings. The molecule has 4 nitrogen and oxygen atoms in total. The summed E-state index contributed by atoms with van der Waals surface area (Å²) in [6.07, 6.45) is 3.85. The van der Waals surface area contributed by atoms with Gasteiger partial charge in [0, 0.05) is 43.3 Å². The summed E-state index contributed by atoms with van der Waals surface area (Å²) >= 11 is 0. The van der Waals surface area contributed by atoms with Crippen LogP contribution in [0.4, 0.5) is 5.69 Å². The van der Waals surface area contributed by atoms with Crippen LogP contribution < -0.4 is 10.2 Å². The fourth-order valence-electron chi connectivity index (χ4n) is 2.94. The Hall–Kier alpha value is -1.39. The van der Waals surface area contributed by atoms with Gasteiger partial charge in [-0.05, 0) is 43.9 Å². The van der Waals surface area contributed by atoms with Crippen LogP contribution in [0.1, 0.15) is 44.2 Å². The van der Waals surface area contributed by atoms with Gasteiger partial charge in [0.2, 0.25) is 5.91 Å². The minimum Gasteiger partial charge on any atom is -0.396 e. The van der Waals surface area contributed by atoms with Crippen LogP contribution in [0.3, 0.4) is 0 Å². The van der Waals surface area contributed by atoms with Crippen molar-refractivity contribution in [2.45, 2.75) is 38.6 Å². The number of aliphatic hydroxyl groups excluding tert-OH is 1. The predicted molar refractivity (Wildman–Crippen MR) is 83.2 cm³/mol. The van der Waals surface area contributed by atoms with Crippen LogP contribution in [-0.4, -0.2) is 30.7 Å². The topological polar surface area (TPSA) is 52.6 Å². The summed E-state index contributed by atoms with van der Waals surface area (Å²) in [7, 11) is 0. The van der Waals surface area contributed by atoms with E-state index in [4.69, 9.17) is 0 Å². The Balaban J connectivity index is 1.66. The number of nitrogens with zero attached hydrogens (tertiary/aromatic N) is 1. The zero-order valence-electron chi connectivity index (χ0n) is 12.6. The molecule has 0 bridgehead atoms. The number of benzene rings is 1. The number of amides is 1. The molecule has 0 radical (unpaired) electrons. The van der Waals surface area contributed by atoms with Gasteiger partial charge in [-0.1, -0.05) is 12.1 Å². The molecular formula is C17H24N2O2. The number of carbonyl (C=O) groups is 1. The number of aliphatic hydroxyl groups is 1. The number of anilines is 1. The maximum Gasteiger partial charge on any atom is 0.227 e. The van der Waals surface area contributed by atoms with E-state index in [-0.39, 0.29) is 24.0 Å². The van der Waals surface area contributed by atoms with Crippen molar-refractivity contribution >= 4 is 11.6 Å². The highest BCUT2D eigenvalue weighted by Crippen LogP contribution is 2.44. The smallest absolute Gasteiger partial charge is 0.227 e. The molecular weight excluding hydrogens is 264 g/mol. The van der Waals surface area contributed by atoms with E-state index < -0.39 is 0 Å². The van der Waals surface area contributed by atoms with Crippen molar-refractivity contribution in [3.8, 4) is 0 Å². The van der Waals surface area contributed by atoms with Crippen molar-refractivity contribution in [3.05, 3.63) is 29.8 Å². The van der Waals surface area contributed by atoms with Crippen molar-refractivity contribution in [2.75, 3.05) is 24.6 Å². The third-order valence-corrected chi connectivity index (χ3v) is 4.83. The third kappa shape index (κ3) is 3.11. The summed E-state index contributed by atoms with van der Waals surface area (Å²) in [6.45, 7) is 4.10. The molecule has 3 rings (SSSR count). The van der Waals surface area contributed by atoms with Gasteiger partial charge in [-0.25, -0.2) is 0 Å². The lowest BCUT2D eigenvalue weighted by Gasteiger charge is -2.21. The first-order valence-corrected chi connectivity index (χ1v) is 7.88. The van der Waals surface area contributed by atoms with Crippen LogP contribution in [-0.2, 0) is 4.79 Å². The Morgan fingerprint density at radius 2 is 2.24 bits per heavy atom. The molecule has 1 unspecified atom stereocenters. The summed E-state index contributed by atoms with van der Waals surface area (Å²) in [5, 5.41) is 12.9. The number of hydrogen-bond acceptors (Lipinski definition) is 3. The van der Waals surface area contributed by atoms with E-state index in [1.165, 1.54) is 5.56 Å². The molecule has 114 valence electrons. The third-order valence-electron chi connectivity index (χ3n) is 4.83. The summed E-state index contributed by atoms with van der Waals surface area (Å²) < 4.78 is 0. The lowest BCUT2D eigenvalue weighted by Crippen LogP contribution is -2.29. The predicted octanol–water partition coefficient (Wildman–Crippen LogP) is 2.24. The zero-order valence-corrected chi connectivity index (χ0v) is 12.6. The van der Waals surface area contributed by atoms with Gasteiger partial charge in [0.05, 0.1) is 0 Å². The van der Waals surface area contributed by atoms with E-state index in [2.05, 4.69) is 24.4 Å². The Kier molecular flexibility index (Phi) is 4.00. The summed E-state index contributed by atoms with van der Waals surface area (Å²) in [4.78, 5) is 13.7. The normalized spacial score (nSPS) is 21.6.